The van der Waals surface area contributed by atoms with Crippen molar-refractivity contribution < 1.29 is 23.4 Å². The SMILES string of the molecule is Cc1cc(OC(F)F)c(CN2CCC(C3CC3)C[C@H]2c2ccc(C(=O)O)cc2)c2cc[nH]c12. The van der Waals surface area contributed by atoms with E-state index in [-0.39, 0.29) is 17.4 Å². The first kappa shape index (κ1) is 21.9. The first-order valence-corrected chi connectivity index (χ1v) is 11.5. The number of aromatic amines is 1. The zero-order valence-corrected chi connectivity index (χ0v) is 18.6. The number of rotatable bonds is 7. The van der Waals surface area contributed by atoms with Gasteiger partial charge in [-0.25, -0.2) is 4.79 Å². The molecule has 1 saturated heterocycles. The van der Waals surface area contributed by atoms with Gasteiger partial charge in [-0.2, -0.15) is 8.78 Å². The maximum Gasteiger partial charge on any atom is 0.387 e. The van der Waals surface area contributed by atoms with Crippen LogP contribution < -0.4 is 4.74 Å². The Morgan fingerprint density at radius 1 is 1.18 bits per heavy atom. The minimum absolute atomic E-state index is 0.0990. The Bertz CT molecular complexity index is 1150. The number of halogens is 2. The largest absolute Gasteiger partial charge is 0.478 e. The fourth-order valence-corrected chi connectivity index (χ4v) is 5.42. The summed E-state index contributed by atoms with van der Waals surface area (Å²) in [5.41, 5.74) is 3.89. The molecule has 0 bridgehead atoms. The summed E-state index contributed by atoms with van der Waals surface area (Å²) in [7, 11) is 0. The first-order chi connectivity index (χ1) is 15.9. The number of benzene rings is 2. The zero-order chi connectivity index (χ0) is 23.1. The predicted octanol–water partition coefficient (Wildman–Crippen LogP) is 6.14. The molecule has 0 spiro atoms. The molecule has 0 amide bonds. The van der Waals surface area contributed by atoms with Crippen LogP contribution in [0.3, 0.4) is 0 Å². The Kier molecular flexibility index (Phi) is 5.83. The van der Waals surface area contributed by atoms with Gasteiger partial charge in [-0.05, 0) is 86.4 Å². The van der Waals surface area contributed by atoms with E-state index in [9.17, 15) is 18.7 Å². The van der Waals surface area contributed by atoms with E-state index >= 15 is 0 Å². The molecule has 0 radical (unpaired) electrons. The number of H-pyrrole nitrogens is 1. The van der Waals surface area contributed by atoms with Gasteiger partial charge in [-0.1, -0.05) is 12.1 Å². The number of carboxylic acids is 1. The molecule has 5 nitrogen and oxygen atoms in total. The third-order valence-corrected chi connectivity index (χ3v) is 7.27. The summed E-state index contributed by atoms with van der Waals surface area (Å²) in [6, 6.07) is 10.8. The highest BCUT2D eigenvalue weighted by Gasteiger charge is 2.38. The van der Waals surface area contributed by atoms with Gasteiger partial charge in [0.1, 0.15) is 5.75 Å². The number of hydrogen-bond acceptors (Lipinski definition) is 3. The van der Waals surface area contributed by atoms with Gasteiger partial charge in [0.05, 0.1) is 5.56 Å². The van der Waals surface area contributed by atoms with E-state index in [2.05, 4.69) is 9.88 Å². The van der Waals surface area contributed by atoms with Crippen molar-refractivity contribution in [3.63, 3.8) is 0 Å². The molecule has 1 aliphatic heterocycles. The average Bonchev–Trinajstić information content (AvgIpc) is 3.52. The highest BCUT2D eigenvalue weighted by Crippen LogP contribution is 2.47. The molecule has 5 rings (SSSR count). The second-order valence-corrected chi connectivity index (χ2v) is 9.35. The zero-order valence-electron chi connectivity index (χ0n) is 18.6. The first-order valence-electron chi connectivity index (χ1n) is 11.5. The lowest BCUT2D eigenvalue weighted by Gasteiger charge is -2.40. The van der Waals surface area contributed by atoms with E-state index in [0.717, 1.165) is 52.9 Å². The monoisotopic (exact) mass is 454 g/mol. The lowest BCUT2D eigenvalue weighted by molar-refractivity contribution is -0.0509. The molecule has 2 fully saturated rings. The van der Waals surface area contributed by atoms with Crippen molar-refractivity contribution in [2.45, 2.75) is 51.8 Å². The number of aromatic carboxylic acids is 1. The van der Waals surface area contributed by atoms with E-state index in [1.807, 2.05) is 31.3 Å². The summed E-state index contributed by atoms with van der Waals surface area (Å²) in [5.74, 6) is 0.703. The van der Waals surface area contributed by atoms with Gasteiger partial charge in [0.2, 0.25) is 0 Å². The van der Waals surface area contributed by atoms with Crippen molar-refractivity contribution in [3.8, 4) is 5.75 Å². The maximum atomic E-state index is 13.2. The van der Waals surface area contributed by atoms with Crippen LogP contribution in [0.4, 0.5) is 8.78 Å². The second-order valence-electron chi connectivity index (χ2n) is 9.35. The summed E-state index contributed by atoms with van der Waals surface area (Å²) in [5, 5.41) is 10.2. The average molecular weight is 455 g/mol. The van der Waals surface area contributed by atoms with Crippen LogP contribution in [0.15, 0.2) is 42.6 Å². The Balaban J connectivity index is 1.50. The highest BCUT2D eigenvalue weighted by molar-refractivity contribution is 5.88. The van der Waals surface area contributed by atoms with E-state index in [4.69, 9.17) is 4.74 Å². The van der Waals surface area contributed by atoms with Gasteiger partial charge in [0, 0.05) is 35.2 Å². The summed E-state index contributed by atoms with van der Waals surface area (Å²) in [6.07, 6.45) is 6.47. The van der Waals surface area contributed by atoms with Crippen molar-refractivity contribution in [1.29, 1.82) is 0 Å². The Labute approximate surface area is 191 Å². The van der Waals surface area contributed by atoms with Gasteiger partial charge in [-0.3, -0.25) is 4.90 Å². The normalized spacial score (nSPS) is 21.6. The lowest BCUT2D eigenvalue weighted by Crippen LogP contribution is -2.37. The summed E-state index contributed by atoms with van der Waals surface area (Å²) in [6.45, 7) is 0.342. The molecule has 1 saturated carbocycles. The third kappa shape index (κ3) is 4.47. The molecule has 2 heterocycles. The van der Waals surface area contributed by atoms with Crippen LogP contribution in [0.25, 0.3) is 10.9 Å². The van der Waals surface area contributed by atoms with Crippen LogP contribution in [0.1, 0.15) is 58.8 Å². The molecule has 7 heteroatoms. The van der Waals surface area contributed by atoms with E-state index in [1.165, 1.54) is 12.8 Å². The highest BCUT2D eigenvalue weighted by atomic mass is 19.3. The summed E-state index contributed by atoms with van der Waals surface area (Å²) in [4.78, 5) is 16.9. The fraction of sp³-hybridized carbons (Fsp3) is 0.423. The minimum Gasteiger partial charge on any atom is -0.478 e. The number of nitrogens with one attached hydrogen (secondary N) is 1. The number of piperidine rings is 1. The Morgan fingerprint density at radius 2 is 1.94 bits per heavy atom. The van der Waals surface area contributed by atoms with Gasteiger partial charge in [0.25, 0.3) is 0 Å². The minimum atomic E-state index is -2.89. The second kappa shape index (κ2) is 8.78. The number of carboxylic acid groups (broad SMARTS) is 1. The van der Waals surface area contributed by atoms with Crippen molar-refractivity contribution >= 4 is 16.9 Å². The molecule has 2 atom stereocenters. The number of aromatic nitrogens is 1. The van der Waals surface area contributed by atoms with Crippen molar-refractivity contribution in [3.05, 3.63) is 64.8 Å². The molecular formula is C26H28F2N2O3. The predicted molar refractivity (Wildman–Crippen MR) is 122 cm³/mol. The molecule has 1 aromatic heterocycles. The number of aryl methyl sites for hydroxylation is 1. The van der Waals surface area contributed by atoms with Gasteiger partial charge >= 0.3 is 12.6 Å². The molecule has 174 valence electrons. The molecule has 1 unspecified atom stereocenters. The smallest absolute Gasteiger partial charge is 0.387 e. The topological polar surface area (TPSA) is 65.6 Å². The number of nitrogens with zero attached hydrogens (tertiary/aromatic N) is 1. The summed E-state index contributed by atoms with van der Waals surface area (Å²) < 4.78 is 31.4. The summed E-state index contributed by atoms with van der Waals surface area (Å²) >= 11 is 0. The standard InChI is InChI=1S/C26H28F2N2O3/c1-15-12-23(33-26(27)28)21(20-8-10-29-24(15)20)14-30-11-9-19(16-2-3-16)13-22(30)17-4-6-18(7-5-17)25(31)32/h4-8,10,12,16,19,22,26,29H,2-3,9,11,13-14H2,1H3,(H,31,32)/t19?,22-/m0/s1. The number of hydrogen-bond donors (Lipinski definition) is 2. The van der Waals surface area contributed by atoms with E-state index in [1.54, 1.807) is 18.2 Å². The van der Waals surface area contributed by atoms with Crippen LogP contribution in [0.5, 0.6) is 5.75 Å². The number of carbonyl (C=O) groups is 1. The number of alkyl halides is 2. The number of ether oxygens (including phenoxy) is 1. The van der Waals surface area contributed by atoms with Crippen LogP contribution in [-0.2, 0) is 6.54 Å². The number of likely N-dealkylation sites (tertiary alicyclic amines) is 1. The van der Waals surface area contributed by atoms with Gasteiger partial charge < -0.3 is 14.8 Å². The Hall–Kier alpha value is -2.93. The molecule has 3 aromatic rings. The Morgan fingerprint density at radius 3 is 2.61 bits per heavy atom. The molecule has 33 heavy (non-hydrogen) atoms. The van der Waals surface area contributed by atoms with Crippen LogP contribution in [0.2, 0.25) is 0 Å². The molecule has 1 aliphatic carbocycles. The van der Waals surface area contributed by atoms with E-state index < -0.39 is 12.6 Å². The molecule has 2 aliphatic rings. The lowest BCUT2D eigenvalue weighted by atomic mass is 9.83. The van der Waals surface area contributed by atoms with Gasteiger partial charge in [0.15, 0.2) is 0 Å². The molecular weight excluding hydrogens is 426 g/mol. The third-order valence-electron chi connectivity index (χ3n) is 7.27. The molecule has 2 aromatic carbocycles. The quantitative estimate of drug-likeness (QED) is 0.450. The fourth-order valence-electron chi connectivity index (χ4n) is 5.42. The van der Waals surface area contributed by atoms with E-state index in [0.29, 0.717) is 12.5 Å². The van der Waals surface area contributed by atoms with Crippen LogP contribution in [0, 0.1) is 18.8 Å². The van der Waals surface area contributed by atoms with Crippen LogP contribution in [-0.4, -0.2) is 34.1 Å². The van der Waals surface area contributed by atoms with Gasteiger partial charge in [-0.15, -0.1) is 0 Å². The number of fused-ring (bicyclic) bond motifs is 1. The molecule has 2 N–H and O–H groups in total. The van der Waals surface area contributed by atoms with Crippen molar-refractivity contribution in [1.82, 2.24) is 9.88 Å². The maximum absolute atomic E-state index is 13.2. The van der Waals surface area contributed by atoms with Crippen molar-refractivity contribution in [2.75, 3.05) is 6.54 Å². The van der Waals surface area contributed by atoms with Crippen LogP contribution >= 0.6 is 0 Å². The van der Waals surface area contributed by atoms with Crippen molar-refractivity contribution in [2.24, 2.45) is 11.8 Å².